The van der Waals surface area contributed by atoms with Gasteiger partial charge in [0.1, 0.15) is 5.75 Å². The van der Waals surface area contributed by atoms with Gasteiger partial charge in [0.25, 0.3) is 5.91 Å². The first-order valence-electron chi connectivity index (χ1n) is 9.58. The lowest BCUT2D eigenvalue weighted by atomic mass is 10.00. The van der Waals surface area contributed by atoms with Crippen molar-refractivity contribution in [1.29, 1.82) is 0 Å². The van der Waals surface area contributed by atoms with Crippen LogP contribution in [0.4, 0.5) is 0 Å². The zero-order valence-electron chi connectivity index (χ0n) is 15.5. The first kappa shape index (κ1) is 20.1. The molecule has 0 unspecified atom stereocenters. The van der Waals surface area contributed by atoms with Gasteiger partial charge in [-0.05, 0) is 56.8 Å². The average molecular weight is 367 g/mol. The van der Waals surface area contributed by atoms with E-state index in [9.17, 15) is 4.79 Å². The minimum Gasteiger partial charge on any atom is -0.481 e. The van der Waals surface area contributed by atoms with Crippen LogP contribution in [0.2, 0.25) is 5.02 Å². The maximum atomic E-state index is 12.4. The molecule has 4 nitrogen and oxygen atoms in total. The lowest BCUT2D eigenvalue weighted by molar-refractivity contribution is -0.128. The Kier molecular flexibility index (Phi) is 8.56. The Hall–Kier alpha value is -1.26. The van der Waals surface area contributed by atoms with E-state index in [2.05, 4.69) is 17.1 Å². The number of hydrogen-bond acceptors (Lipinski definition) is 3. The molecular formula is C20H31ClN2O2. The molecule has 0 aliphatic carbocycles. The van der Waals surface area contributed by atoms with E-state index < -0.39 is 6.10 Å². The van der Waals surface area contributed by atoms with Gasteiger partial charge in [0, 0.05) is 24.2 Å². The largest absolute Gasteiger partial charge is 0.481 e. The summed E-state index contributed by atoms with van der Waals surface area (Å²) >= 11 is 5.97. The maximum absolute atomic E-state index is 12.4. The van der Waals surface area contributed by atoms with E-state index >= 15 is 0 Å². The minimum atomic E-state index is -0.475. The summed E-state index contributed by atoms with van der Waals surface area (Å²) in [5.41, 5.74) is 0. The molecular weight excluding hydrogens is 336 g/mol. The Morgan fingerprint density at radius 1 is 1.40 bits per heavy atom. The van der Waals surface area contributed by atoms with Crippen LogP contribution in [0.15, 0.2) is 24.3 Å². The first-order valence-corrected chi connectivity index (χ1v) is 9.95. The van der Waals surface area contributed by atoms with E-state index in [-0.39, 0.29) is 5.91 Å². The van der Waals surface area contributed by atoms with Crippen molar-refractivity contribution in [3.8, 4) is 5.75 Å². The second-order valence-electron chi connectivity index (χ2n) is 6.71. The van der Waals surface area contributed by atoms with Crippen LogP contribution in [0, 0.1) is 0 Å². The maximum Gasteiger partial charge on any atom is 0.261 e. The molecule has 1 aliphatic heterocycles. The zero-order chi connectivity index (χ0) is 18.1. The van der Waals surface area contributed by atoms with Crippen LogP contribution in [0.1, 0.15) is 52.4 Å². The Labute approximate surface area is 156 Å². The normalized spacial score (nSPS) is 19.4. The van der Waals surface area contributed by atoms with Crippen molar-refractivity contribution in [3.05, 3.63) is 29.3 Å². The molecule has 0 radical (unpaired) electrons. The van der Waals surface area contributed by atoms with Crippen molar-refractivity contribution >= 4 is 17.5 Å². The molecule has 1 amide bonds. The molecule has 1 fully saturated rings. The summed E-state index contributed by atoms with van der Waals surface area (Å²) in [5, 5.41) is 3.63. The van der Waals surface area contributed by atoms with Crippen molar-refractivity contribution in [2.24, 2.45) is 0 Å². The molecule has 1 aliphatic rings. The van der Waals surface area contributed by atoms with Crippen molar-refractivity contribution in [2.45, 2.75) is 64.5 Å². The first-order chi connectivity index (χ1) is 12.1. The van der Waals surface area contributed by atoms with Crippen LogP contribution in [0.5, 0.6) is 5.75 Å². The number of nitrogens with one attached hydrogen (secondary N) is 1. The fraction of sp³-hybridized carbons (Fsp3) is 0.650. The van der Waals surface area contributed by atoms with Gasteiger partial charge in [-0.15, -0.1) is 0 Å². The third kappa shape index (κ3) is 6.52. The molecule has 1 aromatic rings. The summed E-state index contributed by atoms with van der Waals surface area (Å²) in [5.74, 6) is 0.585. The highest BCUT2D eigenvalue weighted by Gasteiger charge is 2.21. The number of ether oxygens (including phenoxy) is 1. The molecule has 0 saturated carbocycles. The van der Waals surface area contributed by atoms with Crippen LogP contribution in [-0.4, -0.2) is 42.6 Å². The van der Waals surface area contributed by atoms with E-state index in [0.717, 1.165) is 19.0 Å². The molecule has 0 bridgehead atoms. The quantitative estimate of drug-likeness (QED) is 0.663. The van der Waals surface area contributed by atoms with Crippen molar-refractivity contribution in [1.82, 2.24) is 10.2 Å². The molecule has 0 spiro atoms. The van der Waals surface area contributed by atoms with E-state index in [1.165, 1.54) is 32.2 Å². The van der Waals surface area contributed by atoms with Crippen molar-refractivity contribution in [2.75, 3.05) is 19.6 Å². The fourth-order valence-electron chi connectivity index (χ4n) is 3.45. The van der Waals surface area contributed by atoms with Gasteiger partial charge >= 0.3 is 0 Å². The molecule has 0 aromatic heterocycles. The predicted octanol–water partition coefficient (Wildman–Crippen LogP) is 4.27. The van der Waals surface area contributed by atoms with Gasteiger partial charge in [0.2, 0.25) is 0 Å². The Morgan fingerprint density at radius 2 is 2.24 bits per heavy atom. The van der Waals surface area contributed by atoms with Gasteiger partial charge in [0.05, 0.1) is 0 Å². The van der Waals surface area contributed by atoms with Gasteiger partial charge in [-0.25, -0.2) is 0 Å². The summed E-state index contributed by atoms with van der Waals surface area (Å²) < 4.78 is 5.78. The highest BCUT2D eigenvalue weighted by Crippen LogP contribution is 2.20. The van der Waals surface area contributed by atoms with Crippen LogP contribution < -0.4 is 10.1 Å². The summed E-state index contributed by atoms with van der Waals surface area (Å²) in [6.07, 6.45) is 6.32. The molecule has 2 rings (SSSR count). The number of amides is 1. The second-order valence-corrected chi connectivity index (χ2v) is 7.15. The van der Waals surface area contributed by atoms with E-state index in [1.807, 2.05) is 19.1 Å². The molecule has 1 heterocycles. The lowest BCUT2D eigenvalue weighted by Gasteiger charge is -2.35. The smallest absolute Gasteiger partial charge is 0.261 e. The molecule has 2 atom stereocenters. The lowest BCUT2D eigenvalue weighted by Crippen LogP contribution is -2.42. The number of piperidine rings is 1. The SMILES string of the molecule is CC[C@@H]1CCCCN1CCCNC(=O)[C@H](CC)Oc1cccc(Cl)c1. The van der Waals surface area contributed by atoms with Crippen LogP contribution >= 0.6 is 11.6 Å². The van der Waals surface area contributed by atoms with Gasteiger partial charge in [-0.3, -0.25) is 4.79 Å². The fourth-order valence-corrected chi connectivity index (χ4v) is 3.63. The van der Waals surface area contributed by atoms with Gasteiger partial charge in [-0.1, -0.05) is 37.9 Å². The van der Waals surface area contributed by atoms with E-state index in [0.29, 0.717) is 23.7 Å². The number of likely N-dealkylation sites (tertiary alicyclic amines) is 1. The number of rotatable bonds is 9. The highest BCUT2D eigenvalue weighted by molar-refractivity contribution is 6.30. The minimum absolute atomic E-state index is 0.0480. The Balaban J connectivity index is 1.72. The standard InChI is InChI=1S/C20H31ClN2O2/c1-3-17-10-5-6-13-23(17)14-8-12-22-20(24)19(4-2)25-18-11-7-9-16(21)15-18/h7,9,11,15,17,19H,3-6,8,10,12-14H2,1-2H3,(H,22,24)/t17-,19+/m1/s1. The summed E-state index contributed by atoms with van der Waals surface area (Å²) in [6, 6.07) is 7.89. The Morgan fingerprint density at radius 3 is 2.96 bits per heavy atom. The van der Waals surface area contributed by atoms with Crippen LogP contribution in [0.25, 0.3) is 0 Å². The van der Waals surface area contributed by atoms with E-state index in [4.69, 9.17) is 16.3 Å². The molecule has 1 saturated heterocycles. The molecule has 5 heteroatoms. The van der Waals surface area contributed by atoms with Crippen molar-refractivity contribution < 1.29 is 9.53 Å². The Bertz CT molecular complexity index is 538. The highest BCUT2D eigenvalue weighted by atomic mass is 35.5. The van der Waals surface area contributed by atoms with Gasteiger partial charge in [-0.2, -0.15) is 0 Å². The molecule has 25 heavy (non-hydrogen) atoms. The summed E-state index contributed by atoms with van der Waals surface area (Å²) in [7, 11) is 0. The topological polar surface area (TPSA) is 41.6 Å². The molecule has 1 N–H and O–H groups in total. The molecule has 140 valence electrons. The number of nitrogens with zero attached hydrogens (tertiary/aromatic N) is 1. The number of halogens is 1. The number of carbonyl (C=O) groups is 1. The third-order valence-electron chi connectivity index (χ3n) is 4.88. The number of benzene rings is 1. The summed E-state index contributed by atoms with van der Waals surface area (Å²) in [6.45, 7) is 7.17. The van der Waals surface area contributed by atoms with Gasteiger partial charge in [0.15, 0.2) is 6.10 Å². The zero-order valence-corrected chi connectivity index (χ0v) is 16.2. The average Bonchev–Trinajstić information content (AvgIpc) is 2.63. The monoisotopic (exact) mass is 366 g/mol. The van der Waals surface area contributed by atoms with Crippen LogP contribution in [-0.2, 0) is 4.79 Å². The predicted molar refractivity (Wildman–Crippen MR) is 103 cm³/mol. The number of hydrogen-bond donors (Lipinski definition) is 1. The van der Waals surface area contributed by atoms with Gasteiger partial charge < -0.3 is 15.0 Å². The van der Waals surface area contributed by atoms with E-state index in [1.54, 1.807) is 12.1 Å². The van der Waals surface area contributed by atoms with Crippen LogP contribution in [0.3, 0.4) is 0 Å². The summed E-state index contributed by atoms with van der Waals surface area (Å²) in [4.78, 5) is 14.9. The second kappa shape index (κ2) is 10.7. The third-order valence-corrected chi connectivity index (χ3v) is 5.11. The van der Waals surface area contributed by atoms with Crippen molar-refractivity contribution in [3.63, 3.8) is 0 Å². The number of carbonyl (C=O) groups excluding carboxylic acids is 1. The molecule has 1 aromatic carbocycles.